The summed E-state index contributed by atoms with van der Waals surface area (Å²) < 4.78 is 33.5. The molecule has 6 N–H and O–H groups in total. The van der Waals surface area contributed by atoms with Gasteiger partial charge in [-0.25, -0.2) is 4.57 Å². The molecule has 0 aliphatic heterocycles. The second-order valence-corrected chi connectivity index (χ2v) is 18.0. The van der Waals surface area contributed by atoms with Gasteiger partial charge in [-0.2, -0.15) is 0 Å². The number of esters is 2. The highest BCUT2D eigenvalue weighted by Crippen LogP contribution is 2.47. The average Bonchev–Trinajstić information content (AvgIpc) is 3.21. The Morgan fingerprint density at radius 2 is 0.898 bits per heavy atom. The first-order valence-corrected chi connectivity index (χ1v) is 25.0. The molecule has 6 atom stereocenters. The van der Waals surface area contributed by atoms with Crippen LogP contribution in [0.4, 0.5) is 0 Å². The van der Waals surface area contributed by atoms with Gasteiger partial charge in [0.25, 0.3) is 0 Å². The molecular formula is C45H85O13P. The second-order valence-electron chi connectivity index (χ2n) is 16.6. The molecule has 59 heavy (non-hydrogen) atoms. The molecule has 0 bridgehead atoms. The maximum atomic E-state index is 12.8. The first-order valence-electron chi connectivity index (χ1n) is 23.5. The van der Waals surface area contributed by atoms with Crippen LogP contribution >= 0.6 is 7.82 Å². The fraction of sp³-hybridized carbons (Fsp3) is 0.911. The molecule has 0 amide bonds. The minimum Gasteiger partial charge on any atom is -0.462 e. The van der Waals surface area contributed by atoms with Crippen LogP contribution in [0.3, 0.4) is 0 Å². The lowest BCUT2D eigenvalue weighted by atomic mass is 9.85. The third kappa shape index (κ3) is 28.7. The van der Waals surface area contributed by atoms with Crippen molar-refractivity contribution >= 4 is 19.8 Å². The van der Waals surface area contributed by atoms with Crippen LogP contribution < -0.4 is 0 Å². The van der Waals surface area contributed by atoms with Crippen LogP contribution in [0.1, 0.15) is 206 Å². The highest BCUT2D eigenvalue weighted by Gasteiger charge is 2.51. The van der Waals surface area contributed by atoms with Crippen molar-refractivity contribution in [1.82, 2.24) is 0 Å². The number of hydrogen-bond donors (Lipinski definition) is 6. The van der Waals surface area contributed by atoms with Gasteiger partial charge in [0.15, 0.2) is 6.10 Å². The highest BCUT2D eigenvalue weighted by atomic mass is 31.2. The fourth-order valence-corrected chi connectivity index (χ4v) is 8.26. The number of unbranched alkanes of at least 4 members (excludes halogenated alkanes) is 25. The number of phosphoric acid groups is 1. The molecule has 1 aliphatic rings. The molecule has 14 heteroatoms. The van der Waals surface area contributed by atoms with E-state index in [4.69, 9.17) is 18.5 Å². The smallest absolute Gasteiger partial charge is 0.462 e. The second kappa shape index (κ2) is 36.1. The summed E-state index contributed by atoms with van der Waals surface area (Å²) >= 11 is 0. The molecular weight excluding hydrogens is 779 g/mol. The molecule has 0 saturated heterocycles. The summed E-state index contributed by atoms with van der Waals surface area (Å²) in [7, 11) is -5.11. The lowest BCUT2D eigenvalue weighted by Crippen LogP contribution is -2.64. The summed E-state index contributed by atoms with van der Waals surface area (Å²) in [4.78, 5) is 35.6. The molecule has 348 valence electrons. The zero-order valence-corrected chi connectivity index (χ0v) is 37.7. The summed E-state index contributed by atoms with van der Waals surface area (Å²) in [5, 5.41) is 50.1. The van der Waals surface area contributed by atoms with Gasteiger partial charge in [-0.1, -0.05) is 174 Å². The van der Waals surface area contributed by atoms with E-state index in [2.05, 4.69) is 26.0 Å². The van der Waals surface area contributed by atoms with Gasteiger partial charge in [-0.15, -0.1) is 0 Å². The van der Waals surface area contributed by atoms with Crippen molar-refractivity contribution in [3.05, 3.63) is 12.2 Å². The Balaban J connectivity index is 2.37. The third-order valence-electron chi connectivity index (χ3n) is 11.1. The first-order chi connectivity index (χ1) is 28.4. The Morgan fingerprint density at radius 3 is 1.36 bits per heavy atom. The number of carbonyl (C=O) groups is 2. The Labute approximate surface area is 356 Å². The van der Waals surface area contributed by atoms with Crippen molar-refractivity contribution in [1.29, 1.82) is 0 Å². The lowest BCUT2D eigenvalue weighted by molar-refractivity contribution is -0.220. The zero-order valence-electron chi connectivity index (χ0n) is 36.8. The Hall–Kier alpha value is -1.41. The van der Waals surface area contributed by atoms with Gasteiger partial charge in [0.1, 0.15) is 43.2 Å². The molecule has 0 aromatic carbocycles. The normalized spacial score (nSPS) is 22.4. The van der Waals surface area contributed by atoms with Crippen LogP contribution in [0.2, 0.25) is 0 Å². The zero-order chi connectivity index (χ0) is 43.6. The van der Waals surface area contributed by atoms with Gasteiger partial charge in [0.05, 0.1) is 6.61 Å². The van der Waals surface area contributed by atoms with Crippen molar-refractivity contribution in [3.63, 3.8) is 0 Å². The van der Waals surface area contributed by atoms with Crippen molar-refractivity contribution in [2.24, 2.45) is 0 Å². The summed E-state index contributed by atoms with van der Waals surface area (Å²) in [6, 6.07) is 0. The Morgan fingerprint density at radius 1 is 0.508 bits per heavy atom. The van der Waals surface area contributed by atoms with Gasteiger partial charge in [-0.05, 0) is 32.1 Å². The Bertz CT molecular complexity index is 1090. The predicted octanol–water partition coefficient (Wildman–Crippen LogP) is 9.06. The van der Waals surface area contributed by atoms with Crippen LogP contribution in [-0.4, -0.2) is 98.3 Å². The summed E-state index contributed by atoms with van der Waals surface area (Å²) in [5.41, 5.74) is 0. The maximum Gasteiger partial charge on any atom is 0.472 e. The van der Waals surface area contributed by atoms with Gasteiger partial charge in [-0.3, -0.25) is 18.6 Å². The van der Waals surface area contributed by atoms with E-state index in [1.54, 1.807) is 0 Å². The van der Waals surface area contributed by atoms with Gasteiger partial charge < -0.3 is 39.9 Å². The quantitative estimate of drug-likeness (QED) is 0.0148. The number of ether oxygens (including phenoxy) is 2. The van der Waals surface area contributed by atoms with Crippen molar-refractivity contribution in [2.45, 2.75) is 249 Å². The number of rotatable bonds is 39. The predicted molar refractivity (Wildman–Crippen MR) is 231 cm³/mol. The average molecular weight is 865 g/mol. The number of carbonyl (C=O) groups excluding carboxylic acids is 2. The van der Waals surface area contributed by atoms with Crippen LogP contribution in [0.25, 0.3) is 0 Å². The topological polar surface area (TPSA) is 210 Å². The van der Waals surface area contributed by atoms with E-state index in [9.17, 15) is 44.6 Å². The molecule has 1 saturated carbocycles. The van der Waals surface area contributed by atoms with E-state index in [-0.39, 0.29) is 12.8 Å². The SMILES string of the molecule is CCC/C=C\CCCCCCCC(=O)OC(COC(=O)CCCCCCCCCCCCCCCCCCCCCC)COP(=O)(O)OC1C(O)C(O)C(O)C(O)C1O. The number of allylic oxidation sites excluding steroid dienone is 2. The van der Waals surface area contributed by atoms with E-state index in [1.807, 2.05) is 0 Å². The van der Waals surface area contributed by atoms with E-state index in [1.165, 1.54) is 103 Å². The molecule has 0 aromatic heterocycles. The monoisotopic (exact) mass is 865 g/mol. The van der Waals surface area contributed by atoms with Gasteiger partial charge >= 0.3 is 19.8 Å². The third-order valence-corrected chi connectivity index (χ3v) is 12.1. The van der Waals surface area contributed by atoms with Crippen molar-refractivity contribution < 1.29 is 63.1 Å². The number of hydrogen-bond acceptors (Lipinski definition) is 12. The molecule has 1 rings (SSSR count). The molecule has 13 nitrogen and oxygen atoms in total. The molecule has 0 aromatic rings. The van der Waals surface area contributed by atoms with Gasteiger partial charge in [0, 0.05) is 12.8 Å². The highest BCUT2D eigenvalue weighted by molar-refractivity contribution is 7.47. The van der Waals surface area contributed by atoms with Crippen LogP contribution in [0, 0.1) is 0 Å². The summed E-state index contributed by atoms with van der Waals surface area (Å²) in [6.07, 6.45) is 24.3. The molecule has 1 fully saturated rings. The molecule has 0 spiro atoms. The maximum absolute atomic E-state index is 12.8. The fourth-order valence-electron chi connectivity index (χ4n) is 7.29. The van der Waals surface area contributed by atoms with Crippen LogP contribution in [0.5, 0.6) is 0 Å². The number of aliphatic hydroxyl groups is 5. The number of phosphoric ester groups is 1. The van der Waals surface area contributed by atoms with E-state index in [0.717, 1.165) is 64.2 Å². The molecule has 0 radical (unpaired) electrons. The molecule has 6 unspecified atom stereocenters. The minimum absolute atomic E-state index is 0.0894. The largest absolute Gasteiger partial charge is 0.472 e. The minimum atomic E-state index is -5.11. The first kappa shape index (κ1) is 55.6. The van der Waals surface area contributed by atoms with Gasteiger partial charge in [0.2, 0.25) is 0 Å². The van der Waals surface area contributed by atoms with E-state index in [0.29, 0.717) is 12.8 Å². The Kier molecular flexibility index (Phi) is 34.0. The van der Waals surface area contributed by atoms with Crippen molar-refractivity contribution in [2.75, 3.05) is 13.2 Å². The summed E-state index contributed by atoms with van der Waals surface area (Å²) in [6.45, 7) is 3.24. The summed E-state index contributed by atoms with van der Waals surface area (Å²) in [5.74, 6) is -1.10. The van der Waals surface area contributed by atoms with E-state index >= 15 is 0 Å². The van der Waals surface area contributed by atoms with Crippen LogP contribution in [0.15, 0.2) is 12.2 Å². The van der Waals surface area contributed by atoms with E-state index < -0.39 is 75.7 Å². The van der Waals surface area contributed by atoms with Crippen LogP contribution in [-0.2, 0) is 32.7 Å². The molecule has 0 heterocycles. The number of aliphatic hydroxyl groups excluding tert-OH is 5. The standard InChI is InChI=1S/C45H85O13P/c1-3-5-7-9-11-13-15-16-17-18-19-20-21-22-23-24-26-27-29-31-33-38(46)55-35-37(57-39(47)34-32-30-28-25-14-12-10-8-6-4-2)36-56-59(53,54)58-45-43(51)41(49)40(48)42(50)44(45)52/h8,10,37,40-45,48-52H,3-7,9,11-36H2,1-2H3,(H,53,54)/b10-8-. The van der Waals surface area contributed by atoms with Crippen molar-refractivity contribution in [3.8, 4) is 0 Å². The molecule has 1 aliphatic carbocycles. The lowest BCUT2D eigenvalue weighted by Gasteiger charge is -2.41.